The Morgan fingerprint density at radius 1 is 1.11 bits per heavy atom. The smallest absolute Gasteiger partial charge is 0.322 e. The summed E-state index contributed by atoms with van der Waals surface area (Å²) in [5, 5.41) is 11.5. The van der Waals surface area contributed by atoms with Crippen molar-refractivity contribution >= 4 is 39.5 Å². The Hall–Kier alpha value is -2.18. The van der Waals surface area contributed by atoms with Crippen LogP contribution in [0.4, 0.5) is 6.01 Å². The van der Waals surface area contributed by atoms with Crippen LogP contribution in [0.1, 0.15) is 31.2 Å². The lowest BCUT2D eigenvalue weighted by atomic mass is 9.78. The lowest BCUT2D eigenvalue weighted by Gasteiger charge is -2.27. The number of hydrogen-bond acceptors (Lipinski definition) is 4. The Morgan fingerprint density at radius 3 is 2.56 bits per heavy atom. The van der Waals surface area contributed by atoms with E-state index in [0.29, 0.717) is 10.9 Å². The van der Waals surface area contributed by atoms with Gasteiger partial charge in [-0.25, -0.2) is 0 Å². The van der Waals surface area contributed by atoms with Gasteiger partial charge in [0.1, 0.15) is 0 Å². The maximum absolute atomic E-state index is 13.1. The molecule has 0 bridgehead atoms. The molecule has 1 heterocycles. The average Bonchev–Trinajstić information content (AvgIpc) is 3.33. The summed E-state index contributed by atoms with van der Waals surface area (Å²) in [4.78, 5) is 13.1. The molecule has 1 aliphatic carbocycles. The number of nitrogens with zero attached hydrogens (tertiary/aromatic N) is 2. The van der Waals surface area contributed by atoms with E-state index >= 15 is 0 Å². The van der Waals surface area contributed by atoms with E-state index in [9.17, 15) is 4.79 Å². The van der Waals surface area contributed by atoms with Crippen molar-refractivity contribution in [2.75, 3.05) is 5.32 Å². The van der Waals surface area contributed by atoms with Gasteiger partial charge < -0.3 is 4.42 Å². The van der Waals surface area contributed by atoms with Crippen molar-refractivity contribution < 1.29 is 9.21 Å². The number of halogens is 2. The van der Waals surface area contributed by atoms with E-state index in [1.165, 1.54) is 0 Å². The molecule has 0 unspecified atom stereocenters. The highest BCUT2D eigenvalue weighted by atomic mass is 79.9. The summed E-state index contributed by atoms with van der Waals surface area (Å²) in [7, 11) is 0. The Bertz CT molecular complexity index is 965. The molecule has 1 aliphatic rings. The predicted molar refractivity (Wildman–Crippen MR) is 108 cm³/mol. The van der Waals surface area contributed by atoms with Crippen LogP contribution >= 0.6 is 27.5 Å². The fraction of sp³-hybridized carbons (Fsp3) is 0.250. The van der Waals surface area contributed by atoms with Crippen LogP contribution in [0.15, 0.2) is 57.4 Å². The molecule has 4 rings (SSSR count). The number of hydrogen-bond donors (Lipinski definition) is 1. The van der Waals surface area contributed by atoms with E-state index in [-0.39, 0.29) is 11.9 Å². The minimum absolute atomic E-state index is 0.107. The van der Waals surface area contributed by atoms with Crippen molar-refractivity contribution in [2.24, 2.45) is 0 Å². The third-order valence-electron chi connectivity index (χ3n) is 5.01. The second-order valence-corrected chi connectivity index (χ2v) is 8.03. The SMILES string of the molecule is O=C(Nc1nnc(-c2cccc(Br)c2)o1)C1(c2ccc(Cl)cc2)CCCC1. The average molecular weight is 447 g/mol. The van der Waals surface area contributed by atoms with Gasteiger partial charge in [-0.2, -0.15) is 0 Å². The van der Waals surface area contributed by atoms with E-state index in [4.69, 9.17) is 16.0 Å². The van der Waals surface area contributed by atoms with Gasteiger partial charge in [0.15, 0.2) is 0 Å². The van der Waals surface area contributed by atoms with Crippen LogP contribution in [0.3, 0.4) is 0 Å². The molecule has 1 fully saturated rings. The molecule has 0 spiro atoms. The highest BCUT2D eigenvalue weighted by Crippen LogP contribution is 2.42. The summed E-state index contributed by atoms with van der Waals surface area (Å²) in [6, 6.07) is 15.2. The van der Waals surface area contributed by atoms with Gasteiger partial charge >= 0.3 is 6.01 Å². The van der Waals surface area contributed by atoms with Gasteiger partial charge in [0.25, 0.3) is 0 Å². The molecule has 27 heavy (non-hydrogen) atoms. The Balaban J connectivity index is 1.58. The molecule has 0 aliphatic heterocycles. The summed E-state index contributed by atoms with van der Waals surface area (Å²) in [6.45, 7) is 0. The van der Waals surface area contributed by atoms with Crippen LogP contribution in [-0.2, 0) is 10.2 Å². The molecular weight excluding hydrogens is 430 g/mol. The molecule has 0 atom stereocenters. The quantitative estimate of drug-likeness (QED) is 0.566. The second kappa shape index (κ2) is 7.44. The van der Waals surface area contributed by atoms with E-state index in [2.05, 4.69) is 31.4 Å². The van der Waals surface area contributed by atoms with Gasteiger partial charge in [-0.05, 0) is 48.7 Å². The molecule has 3 aromatic rings. The van der Waals surface area contributed by atoms with Gasteiger partial charge in [0, 0.05) is 15.1 Å². The monoisotopic (exact) mass is 445 g/mol. The van der Waals surface area contributed by atoms with Crippen LogP contribution in [-0.4, -0.2) is 16.1 Å². The van der Waals surface area contributed by atoms with Gasteiger partial charge in [0.2, 0.25) is 11.8 Å². The van der Waals surface area contributed by atoms with Crippen LogP contribution < -0.4 is 5.32 Å². The third-order valence-corrected chi connectivity index (χ3v) is 5.75. The Kier molecular flexibility index (Phi) is 5.02. The van der Waals surface area contributed by atoms with Crippen molar-refractivity contribution in [3.05, 3.63) is 63.6 Å². The van der Waals surface area contributed by atoms with Crippen molar-refractivity contribution in [3.63, 3.8) is 0 Å². The molecule has 5 nitrogen and oxygen atoms in total. The highest BCUT2D eigenvalue weighted by Gasteiger charge is 2.43. The number of aromatic nitrogens is 2. The molecule has 1 N–H and O–H groups in total. The lowest BCUT2D eigenvalue weighted by Crippen LogP contribution is -2.38. The zero-order valence-electron chi connectivity index (χ0n) is 14.4. The Morgan fingerprint density at radius 2 is 1.85 bits per heavy atom. The number of carbonyl (C=O) groups is 1. The number of anilines is 1. The second-order valence-electron chi connectivity index (χ2n) is 6.67. The molecule has 138 valence electrons. The van der Waals surface area contributed by atoms with Crippen LogP contribution in [0.25, 0.3) is 11.5 Å². The van der Waals surface area contributed by atoms with E-state index in [1.54, 1.807) is 0 Å². The maximum Gasteiger partial charge on any atom is 0.322 e. The first kappa shape index (κ1) is 18.2. The van der Waals surface area contributed by atoms with Gasteiger partial charge in [-0.1, -0.05) is 63.7 Å². The third kappa shape index (κ3) is 3.64. The lowest BCUT2D eigenvalue weighted by molar-refractivity contribution is -0.121. The predicted octanol–water partition coefficient (Wildman–Crippen LogP) is 5.60. The maximum atomic E-state index is 13.1. The Labute approximate surface area is 170 Å². The topological polar surface area (TPSA) is 68.0 Å². The van der Waals surface area contributed by atoms with Crippen molar-refractivity contribution in [2.45, 2.75) is 31.1 Å². The summed E-state index contributed by atoms with van der Waals surface area (Å²) >= 11 is 9.43. The molecular formula is C20H17BrClN3O2. The van der Waals surface area contributed by atoms with E-state index in [0.717, 1.165) is 41.3 Å². The summed E-state index contributed by atoms with van der Waals surface area (Å²) in [5.41, 5.74) is 1.16. The normalized spacial score (nSPS) is 15.6. The van der Waals surface area contributed by atoms with E-state index in [1.807, 2.05) is 48.5 Å². The van der Waals surface area contributed by atoms with Gasteiger partial charge in [0.05, 0.1) is 5.41 Å². The first-order valence-corrected chi connectivity index (χ1v) is 9.91. The summed E-state index contributed by atoms with van der Waals surface area (Å²) in [6.07, 6.45) is 3.58. The molecule has 0 radical (unpaired) electrons. The van der Waals surface area contributed by atoms with Crippen molar-refractivity contribution in [1.82, 2.24) is 10.2 Å². The van der Waals surface area contributed by atoms with Crippen molar-refractivity contribution in [3.8, 4) is 11.5 Å². The zero-order chi connectivity index (χ0) is 18.9. The number of amides is 1. The molecule has 7 heteroatoms. The summed E-state index contributed by atoms with van der Waals surface area (Å²) in [5.74, 6) is 0.241. The van der Waals surface area contributed by atoms with Crippen LogP contribution in [0.5, 0.6) is 0 Å². The van der Waals surface area contributed by atoms with Crippen LogP contribution in [0.2, 0.25) is 5.02 Å². The first-order chi connectivity index (χ1) is 13.1. The standard InChI is InChI=1S/C20H17BrClN3O2/c21-15-5-3-4-13(12-15)17-24-25-19(27-17)23-18(26)20(10-1-2-11-20)14-6-8-16(22)9-7-14/h3-9,12H,1-2,10-11H2,(H,23,25,26). The van der Waals surface area contributed by atoms with Crippen molar-refractivity contribution in [1.29, 1.82) is 0 Å². The largest absolute Gasteiger partial charge is 0.403 e. The van der Waals surface area contributed by atoms with Gasteiger partial charge in [-0.15, -0.1) is 5.10 Å². The first-order valence-electron chi connectivity index (χ1n) is 8.74. The van der Waals surface area contributed by atoms with Crippen LogP contribution in [0, 0.1) is 0 Å². The van der Waals surface area contributed by atoms with Gasteiger partial charge in [-0.3, -0.25) is 10.1 Å². The zero-order valence-corrected chi connectivity index (χ0v) is 16.8. The number of nitrogens with one attached hydrogen (secondary N) is 1. The molecule has 1 amide bonds. The highest BCUT2D eigenvalue weighted by molar-refractivity contribution is 9.10. The minimum Gasteiger partial charge on any atom is -0.403 e. The molecule has 1 aromatic heterocycles. The number of rotatable bonds is 4. The number of benzene rings is 2. The summed E-state index contributed by atoms with van der Waals surface area (Å²) < 4.78 is 6.57. The fourth-order valence-corrected chi connectivity index (χ4v) is 4.15. The molecule has 1 saturated carbocycles. The molecule has 0 saturated heterocycles. The number of carbonyl (C=O) groups excluding carboxylic acids is 1. The fourth-order valence-electron chi connectivity index (χ4n) is 3.62. The van der Waals surface area contributed by atoms with E-state index < -0.39 is 5.41 Å². The minimum atomic E-state index is -0.588. The molecule has 2 aromatic carbocycles.